The van der Waals surface area contributed by atoms with Crippen molar-refractivity contribution >= 4 is 17.6 Å². The van der Waals surface area contributed by atoms with Crippen LogP contribution >= 0.6 is 11.6 Å². The molecule has 3 nitrogen and oxygen atoms in total. The van der Waals surface area contributed by atoms with Crippen molar-refractivity contribution in [2.45, 2.75) is 51.0 Å². The first-order valence-electron chi connectivity index (χ1n) is 7.26. The highest BCUT2D eigenvalue weighted by atomic mass is 35.5. The number of carboxylic acids is 1. The number of hydrogen-bond acceptors (Lipinski definition) is 2. The van der Waals surface area contributed by atoms with Crippen LogP contribution in [-0.4, -0.2) is 16.7 Å². The van der Waals surface area contributed by atoms with E-state index in [1.165, 1.54) is 6.42 Å². The Labute approximate surface area is 124 Å². The van der Waals surface area contributed by atoms with Gasteiger partial charge in [0, 0.05) is 10.9 Å². The van der Waals surface area contributed by atoms with Gasteiger partial charge in [-0.3, -0.25) is 0 Å². The zero-order valence-electron chi connectivity index (χ0n) is 11.8. The SMILES string of the molecule is CCC(Oc1ccc(Cl)cc1)(C(=O)O)C1CCCCC1. The minimum atomic E-state index is -1.12. The van der Waals surface area contributed by atoms with Gasteiger partial charge in [0.2, 0.25) is 5.60 Å². The average molecular weight is 297 g/mol. The van der Waals surface area contributed by atoms with E-state index in [1.54, 1.807) is 24.3 Å². The van der Waals surface area contributed by atoms with Gasteiger partial charge in [0.1, 0.15) is 5.75 Å². The molecule has 1 atom stereocenters. The van der Waals surface area contributed by atoms with Gasteiger partial charge in [0.05, 0.1) is 0 Å². The molecule has 1 unspecified atom stereocenters. The van der Waals surface area contributed by atoms with Crippen molar-refractivity contribution in [2.75, 3.05) is 0 Å². The van der Waals surface area contributed by atoms with Crippen molar-refractivity contribution in [3.8, 4) is 5.75 Å². The Hall–Kier alpha value is -1.22. The highest BCUT2D eigenvalue weighted by Gasteiger charge is 2.47. The second-order valence-electron chi connectivity index (χ2n) is 5.44. The number of carboxylic acid groups (broad SMARTS) is 1. The standard InChI is InChI=1S/C16H21ClO3/c1-2-16(15(18)19,12-6-4-3-5-7-12)20-14-10-8-13(17)9-11-14/h8-12H,2-7H2,1H3,(H,18,19). The van der Waals surface area contributed by atoms with E-state index in [4.69, 9.17) is 16.3 Å². The van der Waals surface area contributed by atoms with E-state index in [9.17, 15) is 9.90 Å². The maximum atomic E-state index is 11.9. The zero-order valence-corrected chi connectivity index (χ0v) is 12.5. The van der Waals surface area contributed by atoms with Gasteiger partial charge in [-0.1, -0.05) is 37.8 Å². The molecule has 1 aromatic rings. The van der Waals surface area contributed by atoms with Crippen molar-refractivity contribution < 1.29 is 14.6 Å². The summed E-state index contributed by atoms with van der Waals surface area (Å²) in [7, 11) is 0. The molecule has 1 aliphatic carbocycles. The zero-order chi connectivity index (χ0) is 14.6. The van der Waals surface area contributed by atoms with E-state index >= 15 is 0 Å². The molecule has 1 fully saturated rings. The minimum Gasteiger partial charge on any atom is -0.478 e. The molecule has 20 heavy (non-hydrogen) atoms. The fourth-order valence-corrected chi connectivity index (χ4v) is 3.22. The van der Waals surface area contributed by atoms with Crippen molar-refractivity contribution in [3.63, 3.8) is 0 Å². The monoisotopic (exact) mass is 296 g/mol. The Kier molecular flexibility index (Phi) is 4.92. The highest BCUT2D eigenvalue weighted by molar-refractivity contribution is 6.30. The lowest BCUT2D eigenvalue weighted by Gasteiger charge is -2.38. The lowest BCUT2D eigenvalue weighted by atomic mass is 9.75. The molecule has 1 aliphatic rings. The van der Waals surface area contributed by atoms with Gasteiger partial charge in [0.25, 0.3) is 0 Å². The van der Waals surface area contributed by atoms with E-state index < -0.39 is 11.6 Å². The number of rotatable bonds is 5. The van der Waals surface area contributed by atoms with Crippen molar-refractivity contribution in [3.05, 3.63) is 29.3 Å². The lowest BCUT2D eigenvalue weighted by Crippen LogP contribution is -2.51. The molecule has 0 spiro atoms. The number of ether oxygens (including phenoxy) is 1. The number of carbonyl (C=O) groups is 1. The van der Waals surface area contributed by atoms with Gasteiger partial charge in [-0.05, 0) is 43.5 Å². The number of halogens is 1. The third-order valence-corrected chi connectivity index (χ3v) is 4.52. The molecule has 0 saturated heterocycles. The predicted octanol–water partition coefficient (Wildman–Crippen LogP) is 4.53. The molecule has 1 aromatic carbocycles. The lowest BCUT2D eigenvalue weighted by molar-refractivity contribution is -0.162. The molecule has 0 bridgehead atoms. The summed E-state index contributed by atoms with van der Waals surface area (Å²) in [5.74, 6) is -0.208. The second-order valence-corrected chi connectivity index (χ2v) is 5.88. The van der Waals surface area contributed by atoms with Gasteiger partial charge in [-0.2, -0.15) is 0 Å². The number of aliphatic carboxylic acids is 1. The first-order valence-corrected chi connectivity index (χ1v) is 7.64. The maximum Gasteiger partial charge on any atom is 0.348 e. The molecule has 4 heteroatoms. The Morgan fingerprint density at radius 2 is 1.90 bits per heavy atom. The summed E-state index contributed by atoms with van der Waals surface area (Å²) in [4.78, 5) is 11.9. The topological polar surface area (TPSA) is 46.5 Å². The molecule has 0 aromatic heterocycles. The van der Waals surface area contributed by atoms with E-state index in [-0.39, 0.29) is 5.92 Å². The van der Waals surface area contributed by atoms with Crippen LogP contribution in [0.3, 0.4) is 0 Å². The van der Waals surface area contributed by atoms with E-state index in [2.05, 4.69) is 0 Å². The summed E-state index contributed by atoms with van der Waals surface area (Å²) < 4.78 is 5.95. The maximum absolute atomic E-state index is 11.9. The predicted molar refractivity (Wildman–Crippen MR) is 79.3 cm³/mol. The summed E-state index contributed by atoms with van der Waals surface area (Å²) >= 11 is 5.86. The van der Waals surface area contributed by atoms with Crippen molar-refractivity contribution in [1.29, 1.82) is 0 Å². The van der Waals surface area contributed by atoms with Crippen molar-refractivity contribution in [2.24, 2.45) is 5.92 Å². The fourth-order valence-electron chi connectivity index (χ4n) is 3.10. The normalized spacial score (nSPS) is 19.3. The molecule has 1 N–H and O–H groups in total. The highest BCUT2D eigenvalue weighted by Crippen LogP contribution is 2.38. The molecule has 0 amide bonds. The quantitative estimate of drug-likeness (QED) is 0.868. The van der Waals surface area contributed by atoms with E-state index in [0.29, 0.717) is 17.2 Å². The first kappa shape index (κ1) is 15.2. The molecule has 2 rings (SSSR count). The third-order valence-electron chi connectivity index (χ3n) is 4.27. The Balaban J connectivity index is 2.26. The largest absolute Gasteiger partial charge is 0.478 e. The Morgan fingerprint density at radius 3 is 2.40 bits per heavy atom. The van der Waals surface area contributed by atoms with Gasteiger partial charge in [0.15, 0.2) is 0 Å². The summed E-state index contributed by atoms with van der Waals surface area (Å²) in [6, 6.07) is 6.91. The van der Waals surface area contributed by atoms with Crippen LogP contribution in [0.15, 0.2) is 24.3 Å². The summed E-state index contributed by atoms with van der Waals surface area (Å²) in [5.41, 5.74) is -1.12. The number of benzene rings is 1. The molecule has 0 heterocycles. The van der Waals surface area contributed by atoms with Crippen LogP contribution in [0, 0.1) is 5.92 Å². The van der Waals surface area contributed by atoms with Crippen LogP contribution in [0.25, 0.3) is 0 Å². The molecule has 0 radical (unpaired) electrons. The van der Waals surface area contributed by atoms with Crippen LogP contribution in [-0.2, 0) is 4.79 Å². The van der Waals surface area contributed by atoms with Crippen molar-refractivity contribution in [1.82, 2.24) is 0 Å². The van der Waals surface area contributed by atoms with Gasteiger partial charge >= 0.3 is 5.97 Å². The molecular formula is C16H21ClO3. The van der Waals surface area contributed by atoms with Gasteiger partial charge in [-0.15, -0.1) is 0 Å². The summed E-state index contributed by atoms with van der Waals surface area (Å²) in [5, 5.41) is 10.4. The minimum absolute atomic E-state index is 0.0782. The van der Waals surface area contributed by atoms with Crippen LogP contribution in [0.2, 0.25) is 5.02 Å². The van der Waals surface area contributed by atoms with Gasteiger partial charge < -0.3 is 9.84 Å². The molecule has 1 saturated carbocycles. The van der Waals surface area contributed by atoms with E-state index in [0.717, 1.165) is 25.7 Å². The smallest absolute Gasteiger partial charge is 0.348 e. The Bertz CT molecular complexity index is 451. The molecule has 110 valence electrons. The first-order chi connectivity index (χ1) is 9.58. The van der Waals surface area contributed by atoms with E-state index in [1.807, 2.05) is 6.92 Å². The molecule has 0 aliphatic heterocycles. The number of hydrogen-bond donors (Lipinski definition) is 1. The summed E-state index contributed by atoms with van der Waals surface area (Å²) in [6.07, 6.45) is 5.68. The van der Waals surface area contributed by atoms with Gasteiger partial charge in [-0.25, -0.2) is 4.79 Å². The van der Waals surface area contributed by atoms with Crippen LogP contribution < -0.4 is 4.74 Å². The fraction of sp³-hybridized carbons (Fsp3) is 0.562. The average Bonchev–Trinajstić information content (AvgIpc) is 2.47. The second kappa shape index (κ2) is 6.49. The van der Waals surface area contributed by atoms with Crippen LogP contribution in [0.5, 0.6) is 5.75 Å². The van der Waals surface area contributed by atoms with Crippen LogP contribution in [0.1, 0.15) is 45.4 Å². The third kappa shape index (κ3) is 3.09. The molecular weight excluding hydrogens is 276 g/mol. The Morgan fingerprint density at radius 1 is 1.30 bits per heavy atom. The van der Waals surface area contributed by atoms with Crippen LogP contribution in [0.4, 0.5) is 0 Å². The summed E-state index contributed by atoms with van der Waals surface area (Å²) in [6.45, 7) is 1.89.